The molecule has 1 aromatic rings. The van der Waals surface area contributed by atoms with Gasteiger partial charge >= 0.3 is 0 Å². The van der Waals surface area contributed by atoms with Crippen molar-refractivity contribution in [1.82, 2.24) is 4.98 Å². The number of aldehydes is 1. The lowest BCUT2D eigenvalue weighted by Crippen LogP contribution is -2.41. The van der Waals surface area contributed by atoms with E-state index in [1.165, 1.54) is 17.8 Å². The van der Waals surface area contributed by atoms with Crippen molar-refractivity contribution in [2.45, 2.75) is 31.7 Å². The van der Waals surface area contributed by atoms with Gasteiger partial charge in [0, 0.05) is 19.2 Å². The highest BCUT2D eigenvalue weighted by Crippen LogP contribution is 2.34. The Morgan fingerprint density at radius 2 is 2.35 bits per heavy atom. The van der Waals surface area contributed by atoms with Crippen molar-refractivity contribution in [2.24, 2.45) is 0 Å². The molecule has 0 bridgehead atoms. The minimum Gasteiger partial charge on any atom is -0.396 e. The molecule has 1 aliphatic carbocycles. The van der Waals surface area contributed by atoms with Crippen molar-refractivity contribution in [3.63, 3.8) is 0 Å². The summed E-state index contributed by atoms with van der Waals surface area (Å²) in [5, 5.41) is 10.0. The summed E-state index contributed by atoms with van der Waals surface area (Å²) in [5.41, 5.74) is 0. The van der Waals surface area contributed by atoms with E-state index in [-0.39, 0.29) is 11.8 Å². The molecule has 2 rings (SSSR count). The summed E-state index contributed by atoms with van der Waals surface area (Å²) in [6.45, 7) is 0.937. The van der Waals surface area contributed by atoms with E-state index in [1.54, 1.807) is 0 Å². The number of aliphatic hydroxyl groups is 1. The Morgan fingerprint density at radius 3 is 2.82 bits per heavy atom. The van der Waals surface area contributed by atoms with Gasteiger partial charge in [0.15, 0.2) is 16.6 Å². The Labute approximate surface area is 109 Å². The number of thiazole rings is 1. The van der Waals surface area contributed by atoms with Gasteiger partial charge in [0.05, 0.1) is 0 Å². The van der Waals surface area contributed by atoms with Gasteiger partial charge in [-0.1, -0.05) is 22.9 Å². The van der Waals surface area contributed by atoms with Crippen LogP contribution in [0.25, 0.3) is 0 Å². The second kappa shape index (κ2) is 5.80. The lowest BCUT2D eigenvalue weighted by molar-refractivity contribution is 0.112. The molecular weight excluding hydrogens is 260 g/mol. The molecule has 0 aromatic carbocycles. The first-order valence-electron chi connectivity index (χ1n) is 5.75. The molecule has 1 N–H and O–H groups in total. The summed E-state index contributed by atoms with van der Waals surface area (Å²) in [4.78, 5) is 17.6. The normalized spacial score (nSPS) is 15.6. The van der Waals surface area contributed by atoms with Crippen molar-refractivity contribution in [3.8, 4) is 0 Å². The average Bonchev–Trinajstić information content (AvgIpc) is 2.62. The maximum absolute atomic E-state index is 10.8. The molecule has 1 saturated carbocycles. The van der Waals surface area contributed by atoms with Gasteiger partial charge in [-0.2, -0.15) is 0 Å². The molecule has 0 saturated heterocycles. The molecule has 0 aliphatic heterocycles. The number of rotatable bonds is 6. The Balaban J connectivity index is 2.14. The SMILES string of the molecule is O=Cc1sc(N(CCCO)C2CCC2)nc1Cl. The maximum atomic E-state index is 10.8. The molecule has 1 aromatic heterocycles. The molecule has 0 radical (unpaired) electrons. The van der Waals surface area contributed by atoms with Crippen LogP contribution >= 0.6 is 22.9 Å². The number of halogens is 1. The number of hydrogen-bond donors (Lipinski definition) is 1. The molecule has 17 heavy (non-hydrogen) atoms. The summed E-state index contributed by atoms with van der Waals surface area (Å²) in [5.74, 6) is 0. The van der Waals surface area contributed by atoms with Crippen molar-refractivity contribution < 1.29 is 9.90 Å². The summed E-state index contributed by atoms with van der Waals surface area (Å²) < 4.78 is 0. The van der Waals surface area contributed by atoms with Crippen LogP contribution in [-0.4, -0.2) is 35.6 Å². The molecule has 1 fully saturated rings. The molecule has 0 atom stereocenters. The quantitative estimate of drug-likeness (QED) is 0.809. The summed E-state index contributed by atoms with van der Waals surface area (Å²) >= 11 is 7.21. The monoisotopic (exact) mass is 274 g/mol. The van der Waals surface area contributed by atoms with Gasteiger partial charge in [0.2, 0.25) is 0 Å². The average molecular weight is 275 g/mol. The highest BCUT2D eigenvalue weighted by atomic mass is 35.5. The van der Waals surface area contributed by atoms with E-state index in [0.717, 1.165) is 30.8 Å². The summed E-state index contributed by atoms with van der Waals surface area (Å²) in [7, 11) is 0. The van der Waals surface area contributed by atoms with Crippen molar-refractivity contribution in [2.75, 3.05) is 18.1 Å². The number of aromatic nitrogens is 1. The zero-order chi connectivity index (χ0) is 12.3. The van der Waals surface area contributed by atoms with Crippen LogP contribution in [0.4, 0.5) is 5.13 Å². The summed E-state index contributed by atoms with van der Waals surface area (Å²) in [6, 6.07) is 0.489. The number of hydrogen-bond acceptors (Lipinski definition) is 5. The van der Waals surface area contributed by atoms with Crippen LogP contribution in [0.5, 0.6) is 0 Å². The van der Waals surface area contributed by atoms with Gasteiger partial charge in [-0.15, -0.1) is 0 Å². The number of carbonyl (C=O) groups excluding carboxylic acids is 1. The third kappa shape index (κ3) is 2.78. The van der Waals surface area contributed by atoms with Gasteiger partial charge < -0.3 is 10.0 Å². The Kier molecular flexibility index (Phi) is 4.36. The van der Waals surface area contributed by atoms with Crippen LogP contribution < -0.4 is 4.90 Å². The lowest BCUT2D eigenvalue weighted by atomic mass is 9.92. The topological polar surface area (TPSA) is 53.4 Å². The van der Waals surface area contributed by atoms with E-state index < -0.39 is 0 Å². The van der Waals surface area contributed by atoms with Crippen LogP contribution in [0.15, 0.2) is 0 Å². The number of nitrogens with zero attached hydrogens (tertiary/aromatic N) is 2. The van der Waals surface area contributed by atoms with Gasteiger partial charge in [-0.25, -0.2) is 4.98 Å². The largest absolute Gasteiger partial charge is 0.396 e. The summed E-state index contributed by atoms with van der Waals surface area (Å²) in [6.07, 6.45) is 5.00. The molecule has 0 spiro atoms. The van der Waals surface area contributed by atoms with Crippen molar-refractivity contribution in [3.05, 3.63) is 10.0 Å². The zero-order valence-corrected chi connectivity index (χ0v) is 11.0. The molecule has 0 amide bonds. The predicted molar refractivity (Wildman–Crippen MR) is 69.2 cm³/mol. The Bertz CT molecular complexity index is 393. The molecule has 1 heterocycles. The van der Waals surface area contributed by atoms with Crippen LogP contribution in [0.3, 0.4) is 0 Å². The van der Waals surface area contributed by atoms with E-state index in [4.69, 9.17) is 16.7 Å². The fourth-order valence-electron chi connectivity index (χ4n) is 1.87. The maximum Gasteiger partial charge on any atom is 0.187 e. The van der Waals surface area contributed by atoms with E-state index in [0.29, 0.717) is 17.3 Å². The number of anilines is 1. The fourth-order valence-corrected chi connectivity index (χ4v) is 3.03. The van der Waals surface area contributed by atoms with Gasteiger partial charge in [0.1, 0.15) is 4.88 Å². The first-order chi connectivity index (χ1) is 8.26. The van der Waals surface area contributed by atoms with Gasteiger partial charge in [-0.3, -0.25) is 4.79 Å². The van der Waals surface area contributed by atoms with E-state index in [1.807, 2.05) is 0 Å². The highest BCUT2D eigenvalue weighted by molar-refractivity contribution is 7.17. The van der Waals surface area contributed by atoms with Crippen LogP contribution in [0, 0.1) is 0 Å². The van der Waals surface area contributed by atoms with Gasteiger partial charge in [-0.05, 0) is 25.7 Å². The Morgan fingerprint density at radius 1 is 1.59 bits per heavy atom. The molecular formula is C11H15ClN2O2S. The minimum absolute atomic E-state index is 0.170. The molecule has 6 heteroatoms. The van der Waals surface area contributed by atoms with E-state index >= 15 is 0 Å². The first-order valence-corrected chi connectivity index (χ1v) is 6.94. The Hall–Kier alpha value is -0.650. The van der Waals surface area contributed by atoms with Crippen LogP contribution in [0.1, 0.15) is 35.4 Å². The number of aliphatic hydroxyl groups excluding tert-OH is 1. The van der Waals surface area contributed by atoms with E-state index in [9.17, 15) is 4.79 Å². The third-order valence-electron chi connectivity index (χ3n) is 3.02. The van der Waals surface area contributed by atoms with Crippen LogP contribution in [-0.2, 0) is 0 Å². The van der Waals surface area contributed by atoms with Crippen molar-refractivity contribution >= 4 is 34.4 Å². The van der Waals surface area contributed by atoms with Gasteiger partial charge in [0.25, 0.3) is 0 Å². The minimum atomic E-state index is 0.170. The predicted octanol–water partition coefficient (Wildman–Crippen LogP) is 2.35. The standard InChI is InChI=1S/C11H15ClN2O2S/c12-10-9(7-16)17-11(13-10)14(5-2-6-15)8-3-1-4-8/h7-8,15H,1-6H2. The molecule has 1 aliphatic rings. The lowest BCUT2D eigenvalue weighted by Gasteiger charge is -2.37. The molecule has 94 valence electrons. The smallest absolute Gasteiger partial charge is 0.187 e. The molecule has 0 unspecified atom stereocenters. The third-order valence-corrected chi connectivity index (χ3v) is 4.44. The second-order valence-corrected chi connectivity index (χ2v) is 5.49. The molecule has 4 nitrogen and oxygen atoms in total. The first kappa shape index (κ1) is 12.8. The second-order valence-electron chi connectivity index (χ2n) is 4.12. The van der Waals surface area contributed by atoms with Crippen molar-refractivity contribution in [1.29, 1.82) is 0 Å². The number of carbonyl (C=O) groups is 1. The zero-order valence-electron chi connectivity index (χ0n) is 9.43. The van der Waals surface area contributed by atoms with Crippen LogP contribution in [0.2, 0.25) is 5.15 Å². The fraction of sp³-hybridized carbons (Fsp3) is 0.636. The highest BCUT2D eigenvalue weighted by Gasteiger charge is 2.27. The van der Waals surface area contributed by atoms with E-state index in [2.05, 4.69) is 9.88 Å².